The minimum absolute atomic E-state index is 0.389. The van der Waals surface area contributed by atoms with Gasteiger partial charge in [-0.25, -0.2) is 4.98 Å². The summed E-state index contributed by atoms with van der Waals surface area (Å²) in [5.74, 6) is 0. The van der Waals surface area contributed by atoms with Gasteiger partial charge >= 0.3 is 0 Å². The van der Waals surface area contributed by atoms with Gasteiger partial charge in [0.25, 0.3) is 0 Å². The van der Waals surface area contributed by atoms with Crippen LogP contribution in [0.5, 0.6) is 0 Å². The first-order chi connectivity index (χ1) is 7.61. The lowest BCUT2D eigenvalue weighted by atomic mass is 10.1. The van der Waals surface area contributed by atoms with Crippen molar-refractivity contribution in [2.45, 2.75) is 20.4 Å². The summed E-state index contributed by atoms with van der Waals surface area (Å²) >= 11 is 7.54. The first-order valence-corrected chi connectivity index (χ1v) is 6.24. The molecule has 1 heterocycles. The normalized spacial score (nSPS) is 10.8. The number of nitrogens with zero attached hydrogens (tertiary/aromatic N) is 1. The number of hydrogen-bond acceptors (Lipinski definition) is 3. The summed E-state index contributed by atoms with van der Waals surface area (Å²) in [4.78, 5) is 4.45. The molecular formula is C12H13ClN2S. The first kappa shape index (κ1) is 11.6. The molecule has 0 saturated carbocycles. The maximum Gasteiger partial charge on any atom is 0.125 e. The summed E-state index contributed by atoms with van der Waals surface area (Å²) in [5, 5.41) is 0.947. The molecule has 1 aromatic heterocycles. The van der Waals surface area contributed by atoms with Crippen LogP contribution >= 0.6 is 22.9 Å². The highest BCUT2D eigenvalue weighted by molar-refractivity contribution is 7.19. The highest BCUT2D eigenvalue weighted by Crippen LogP contribution is 2.33. The SMILES string of the molecule is Cc1ccc(-c2nc(CN)c(Cl)s2)c(C)c1. The summed E-state index contributed by atoms with van der Waals surface area (Å²) in [6.45, 7) is 4.55. The van der Waals surface area contributed by atoms with Crippen molar-refractivity contribution in [1.82, 2.24) is 4.98 Å². The van der Waals surface area contributed by atoms with E-state index in [-0.39, 0.29) is 0 Å². The Hall–Kier alpha value is -0.900. The highest BCUT2D eigenvalue weighted by Gasteiger charge is 2.11. The molecule has 0 unspecified atom stereocenters. The van der Waals surface area contributed by atoms with Crippen LogP contribution in [0.2, 0.25) is 4.34 Å². The molecule has 0 aliphatic rings. The highest BCUT2D eigenvalue weighted by atomic mass is 35.5. The lowest BCUT2D eigenvalue weighted by Gasteiger charge is -2.02. The largest absolute Gasteiger partial charge is 0.325 e. The van der Waals surface area contributed by atoms with Crippen LogP contribution in [-0.4, -0.2) is 4.98 Å². The number of nitrogens with two attached hydrogens (primary N) is 1. The number of hydrogen-bond donors (Lipinski definition) is 1. The van der Waals surface area contributed by atoms with Crippen LogP contribution < -0.4 is 5.73 Å². The van der Waals surface area contributed by atoms with Crippen molar-refractivity contribution in [3.8, 4) is 10.6 Å². The van der Waals surface area contributed by atoms with Crippen LogP contribution in [0.4, 0.5) is 0 Å². The number of thiazole rings is 1. The van der Waals surface area contributed by atoms with Crippen molar-refractivity contribution in [3.63, 3.8) is 0 Å². The molecule has 0 aliphatic carbocycles. The van der Waals surface area contributed by atoms with Gasteiger partial charge in [-0.15, -0.1) is 11.3 Å². The zero-order chi connectivity index (χ0) is 11.7. The van der Waals surface area contributed by atoms with Crippen LogP contribution in [0.15, 0.2) is 18.2 Å². The number of aromatic nitrogens is 1. The van der Waals surface area contributed by atoms with Crippen molar-refractivity contribution in [2.24, 2.45) is 5.73 Å². The summed E-state index contributed by atoms with van der Waals surface area (Å²) in [6.07, 6.45) is 0. The van der Waals surface area contributed by atoms with E-state index in [9.17, 15) is 0 Å². The van der Waals surface area contributed by atoms with E-state index < -0.39 is 0 Å². The molecule has 0 amide bonds. The third kappa shape index (κ3) is 2.12. The molecule has 0 bridgehead atoms. The van der Waals surface area contributed by atoms with Crippen molar-refractivity contribution in [3.05, 3.63) is 39.4 Å². The summed E-state index contributed by atoms with van der Waals surface area (Å²) in [7, 11) is 0. The molecule has 0 atom stereocenters. The average Bonchev–Trinajstić information content (AvgIpc) is 2.59. The van der Waals surface area contributed by atoms with Crippen LogP contribution in [0, 0.1) is 13.8 Å². The average molecular weight is 253 g/mol. The summed E-state index contributed by atoms with van der Waals surface area (Å²) < 4.78 is 0.692. The molecule has 1 aromatic carbocycles. The van der Waals surface area contributed by atoms with Gasteiger partial charge in [-0.05, 0) is 19.4 Å². The molecule has 4 heteroatoms. The van der Waals surface area contributed by atoms with Crippen molar-refractivity contribution >= 4 is 22.9 Å². The first-order valence-electron chi connectivity index (χ1n) is 5.04. The van der Waals surface area contributed by atoms with Gasteiger partial charge < -0.3 is 5.73 Å². The second-order valence-corrected chi connectivity index (χ2v) is 5.36. The maximum absolute atomic E-state index is 6.05. The van der Waals surface area contributed by atoms with E-state index in [0.717, 1.165) is 16.3 Å². The predicted octanol–water partition coefficient (Wildman–Crippen LogP) is 3.54. The molecule has 84 valence electrons. The Morgan fingerprint density at radius 1 is 1.38 bits per heavy atom. The molecule has 0 spiro atoms. The minimum atomic E-state index is 0.389. The molecule has 0 saturated heterocycles. The molecule has 0 fully saturated rings. The van der Waals surface area contributed by atoms with E-state index in [1.807, 2.05) is 0 Å². The molecular weight excluding hydrogens is 240 g/mol. The van der Waals surface area contributed by atoms with E-state index in [0.29, 0.717) is 10.9 Å². The van der Waals surface area contributed by atoms with Gasteiger partial charge in [0.15, 0.2) is 0 Å². The molecule has 2 nitrogen and oxygen atoms in total. The zero-order valence-corrected chi connectivity index (χ0v) is 10.8. The van der Waals surface area contributed by atoms with Crippen molar-refractivity contribution in [1.29, 1.82) is 0 Å². The van der Waals surface area contributed by atoms with Gasteiger partial charge in [0.05, 0.1) is 5.69 Å². The maximum atomic E-state index is 6.05. The van der Waals surface area contributed by atoms with Gasteiger partial charge in [-0.1, -0.05) is 35.4 Å². The third-order valence-corrected chi connectivity index (χ3v) is 3.82. The zero-order valence-electron chi connectivity index (χ0n) is 9.25. The molecule has 0 aliphatic heterocycles. The summed E-state index contributed by atoms with van der Waals surface area (Å²) in [6, 6.07) is 6.31. The van der Waals surface area contributed by atoms with Gasteiger partial charge in [0, 0.05) is 12.1 Å². The van der Waals surface area contributed by atoms with E-state index in [1.165, 1.54) is 22.5 Å². The fourth-order valence-electron chi connectivity index (χ4n) is 1.63. The fraction of sp³-hybridized carbons (Fsp3) is 0.250. The molecule has 2 N–H and O–H groups in total. The summed E-state index contributed by atoms with van der Waals surface area (Å²) in [5.41, 5.74) is 9.95. The van der Waals surface area contributed by atoms with Crippen molar-refractivity contribution < 1.29 is 0 Å². The van der Waals surface area contributed by atoms with Gasteiger partial charge in [-0.2, -0.15) is 0 Å². The number of halogens is 1. The molecule has 16 heavy (non-hydrogen) atoms. The van der Waals surface area contributed by atoms with Crippen LogP contribution in [-0.2, 0) is 6.54 Å². The van der Waals surface area contributed by atoms with Gasteiger partial charge in [0.2, 0.25) is 0 Å². The fourth-order valence-corrected chi connectivity index (χ4v) is 2.88. The minimum Gasteiger partial charge on any atom is -0.325 e. The Morgan fingerprint density at radius 2 is 2.12 bits per heavy atom. The van der Waals surface area contributed by atoms with Gasteiger partial charge in [0.1, 0.15) is 9.34 Å². The Balaban J connectivity index is 2.50. The smallest absolute Gasteiger partial charge is 0.125 e. The Labute approximate surface area is 104 Å². The van der Waals surface area contributed by atoms with Crippen molar-refractivity contribution in [2.75, 3.05) is 0 Å². The van der Waals surface area contributed by atoms with E-state index in [1.54, 1.807) is 0 Å². The van der Waals surface area contributed by atoms with Gasteiger partial charge in [-0.3, -0.25) is 0 Å². The molecule has 0 radical (unpaired) electrons. The second-order valence-electron chi connectivity index (χ2n) is 3.76. The monoisotopic (exact) mass is 252 g/mol. The Bertz CT molecular complexity index is 520. The van der Waals surface area contributed by atoms with Crippen LogP contribution in [0.3, 0.4) is 0 Å². The Morgan fingerprint density at radius 3 is 2.69 bits per heavy atom. The quantitative estimate of drug-likeness (QED) is 0.888. The lowest BCUT2D eigenvalue weighted by molar-refractivity contribution is 1.01. The predicted molar refractivity (Wildman–Crippen MR) is 69.9 cm³/mol. The molecule has 2 aromatic rings. The van der Waals surface area contributed by atoms with E-state index in [2.05, 4.69) is 37.0 Å². The number of aryl methyl sites for hydroxylation is 2. The lowest BCUT2D eigenvalue weighted by Crippen LogP contribution is -1.96. The topological polar surface area (TPSA) is 38.9 Å². The number of benzene rings is 1. The van der Waals surface area contributed by atoms with E-state index in [4.69, 9.17) is 17.3 Å². The Kier molecular flexibility index (Phi) is 3.28. The van der Waals surface area contributed by atoms with Crippen LogP contribution in [0.25, 0.3) is 10.6 Å². The number of rotatable bonds is 2. The third-order valence-electron chi connectivity index (χ3n) is 2.46. The van der Waals surface area contributed by atoms with E-state index >= 15 is 0 Å². The van der Waals surface area contributed by atoms with Crippen LogP contribution in [0.1, 0.15) is 16.8 Å². The molecule has 2 rings (SSSR count). The second kappa shape index (κ2) is 4.53. The standard InChI is InChI=1S/C12H13ClN2S/c1-7-3-4-9(8(2)5-7)12-15-10(6-14)11(13)16-12/h3-5H,6,14H2,1-2H3.